The van der Waals surface area contributed by atoms with Crippen molar-refractivity contribution in [1.82, 2.24) is 4.72 Å². The van der Waals surface area contributed by atoms with Crippen molar-refractivity contribution < 1.29 is 27.5 Å². The van der Waals surface area contributed by atoms with Crippen molar-refractivity contribution in [2.45, 2.75) is 31.3 Å². The van der Waals surface area contributed by atoms with E-state index in [1.807, 2.05) is 0 Å². The molecule has 114 valence electrons. The van der Waals surface area contributed by atoms with Crippen LogP contribution in [0, 0.1) is 0 Å². The molecule has 1 aromatic rings. The molecule has 0 atom stereocenters. The average molecular weight is 305 g/mol. The highest BCUT2D eigenvalue weighted by atomic mass is 32.2. The number of furan rings is 1. The van der Waals surface area contributed by atoms with E-state index in [4.69, 9.17) is 14.3 Å². The van der Waals surface area contributed by atoms with Crippen LogP contribution in [0.5, 0.6) is 0 Å². The topological polar surface area (TPSA) is 106 Å². The van der Waals surface area contributed by atoms with Crippen molar-refractivity contribution in [3.63, 3.8) is 0 Å². The minimum Gasteiger partial charge on any atom is -0.475 e. The average Bonchev–Trinajstić information content (AvgIpc) is 2.88. The van der Waals surface area contributed by atoms with Crippen molar-refractivity contribution >= 4 is 16.0 Å². The molecule has 0 unspecified atom stereocenters. The highest BCUT2D eigenvalue weighted by Gasteiger charge is 2.20. The minimum absolute atomic E-state index is 0.206. The van der Waals surface area contributed by atoms with Crippen LogP contribution in [0.25, 0.3) is 0 Å². The summed E-state index contributed by atoms with van der Waals surface area (Å²) in [7, 11) is -3.81. The molecule has 0 saturated carbocycles. The Morgan fingerprint density at radius 2 is 2.05 bits per heavy atom. The second-order valence-corrected chi connectivity index (χ2v) is 5.84. The first-order valence-electron chi connectivity index (χ1n) is 6.38. The van der Waals surface area contributed by atoms with Gasteiger partial charge in [-0.15, -0.1) is 0 Å². The molecule has 1 rings (SSSR count). The molecule has 1 aromatic heterocycles. The third-order valence-electron chi connectivity index (χ3n) is 2.46. The molecule has 0 radical (unpaired) electrons. The molecule has 0 bridgehead atoms. The van der Waals surface area contributed by atoms with Gasteiger partial charge in [-0.3, -0.25) is 0 Å². The SMILES string of the molecule is CCCCOCCCNS(=O)(=O)c1ccc(C(=O)O)o1. The molecule has 0 fully saturated rings. The zero-order valence-corrected chi connectivity index (χ0v) is 12.1. The lowest BCUT2D eigenvalue weighted by Gasteiger charge is -2.05. The lowest BCUT2D eigenvalue weighted by molar-refractivity contribution is 0.0656. The number of aromatic carboxylic acids is 1. The maximum absolute atomic E-state index is 11.8. The molecular weight excluding hydrogens is 286 g/mol. The highest BCUT2D eigenvalue weighted by Crippen LogP contribution is 2.13. The Labute approximate surface area is 118 Å². The number of ether oxygens (including phenoxy) is 1. The van der Waals surface area contributed by atoms with Crippen LogP contribution in [0.4, 0.5) is 0 Å². The summed E-state index contributed by atoms with van der Waals surface area (Å²) in [5, 5.41) is 8.25. The Bertz CT molecular complexity index is 522. The standard InChI is InChI=1S/C12H19NO6S/c1-2-3-8-18-9-4-7-13-20(16,17)11-6-5-10(19-11)12(14)15/h5-6,13H,2-4,7-9H2,1H3,(H,14,15). The van der Waals surface area contributed by atoms with Crippen LogP contribution in [-0.2, 0) is 14.8 Å². The lowest BCUT2D eigenvalue weighted by atomic mass is 10.4. The summed E-state index contributed by atoms with van der Waals surface area (Å²) in [6.45, 7) is 3.41. The maximum Gasteiger partial charge on any atom is 0.371 e. The van der Waals surface area contributed by atoms with Crippen LogP contribution in [0.1, 0.15) is 36.7 Å². The third-order valence-corrected chi connectivity index (χ3v) is 3.79. The second-order valence-electron chi connectivity index (χ2n) is 4.14. The monoisotopic (exact) mass is 305 g/mol. The van der Waals surface area contributed by atoms with Gasteiger partial charge in [0.25, 0.3) is 10.0 Å². The van der Waals surface area contributed by atoms with Crippen molar-refractivity contribution in [3.8, 4) is 0 Å². The van der Waals surface area contributed by atoms with Crippen molar-refractivity contribution in [2.24, 2.45) is 0 Å². The number of carbonyl (C=O) groups is 1. The fourth-order valence-corrected chi connectivity index (χ4v) is 2.38. The van der Waals surface area contributed by atoms with Crippen molar-refractivity contribution in [3.05, 3.63) is 17.9 Å². The molecular formula is C12H19NO6S. The summed E-state index contributed by atoms with van der Waals surface area (Å²) in [6.07, 6.45) is 2.57. The first-order chi connectivity index (χ1) is 9.47. The van der Waals surface area contributed by atoms with Gasteiger partial charge in [0.05, 0.1) is 0 Å². The van der Waals surface area contributed by atoms with Crippen LogP contribution in [0.3, 0.4) is 0 Å². The van der Waals surface area contributed by atoms with Gasteiger partial charge in [0.15, 0.2) is 0 Å². The Hall–Kier alpha value is -1.38. The number of hydrogen-bond acceptors (Lipinski definition) is 5. The van der Waals surface area contributed by atoms with E-state index >= 15 is 0 Å². The number of hydrogen-bond donors (Lipinski definition) is 2. The first-order valence-corrected chi connectivity index (χ1v) is 7.86. The molecule has 2 N–H and O–H groups in total. The molecule has 20 heavy (non-hydrogen) atoms. The Kier molecular flexibility index (Phi) is 6.69. The summed E-state index contributed by atoms with van der Waals surface area (Å²) in [5.41, 5.74) is 0. The molecule has 0 aliphatic rings. The summed E-state index contributed by atoms with van der Waals surface area (Å²) in [4.78, 5) is 10.6. The van der Waals surface area contributed by atoms with Gasteiger partial charge >= 0.3 is 5.97 Å². The quantitative estimate of drug-likeness (QED) is 0.634. The van der Waals surface area contributed by atoms with Gasteiger partial charge in [-0.05, 0) is 25.0 Å². The van der Waals surface area contributed by atoms with E-state index in [-0.39, 0.29) is 6.54 Å². The summed E-state index contributed by atoms with van der Waals surface area (Å²) in [6, 6.07) is 2.22. The highest BCUT2D eigenvalue weighted by molar-refractivity contribution is 7.89. The lowest BCUT2D eigenvalue weighted by Crippen LogP contribution is -2.25. The van der Waals surface area contributed by atoms with Gasteiger partial charge in [-0.1, -0.05) is 13.3 Å². The molecule has 0 aliphatic heterocycles. The predicted molar refractivity (Wildman–Crippen MR) is 71.2 cm³/mol. The third kappa shape index (κ3) is 5.32. The van der Waals surface area contributed by atoms with Crippen LogP contribution >= 0.6 is 0 Å². The molecule has 0 amide bonds. The number of sulfonamides is 1. The number of rotatable bonds is 10. The number of nitrogens with one attached hydrogen (secondary N) is 1. The minimum atomic E-state index is -3.81. The molecule has 7 nitrogen and oxygen atoms in total. The van der Waals surface area contributed by atoms with Crippen LogP contribution < -0.4 is 4.72 Å². The Morgan fingerprint density at radius 3 is 2.65 bits per heavy atom. The van der Waals surface area contributed by atoms with Gasteiger partial charge in [0.1, 0.15) is 0 Å². The first kappa shape index (κ1) is 16.7. The largest absolute Gasteiger partial charge is 0.475 e. The van der Waals surface area contributed by atoms with Gasteiger partial charge in [0, 0.05) is 19.8 Å². The molecule has 0 aliphatic carbocycles. The zero-order chi connectivity index (χ0) is 15.0. The van der Waals surface area contributed by atoms with Crippen molar-refractivity contribution in [1.29, 1.82) is 0 Å². The molecule has 0 spiro atoms. The fourth-order valence-electron chi connectivity index (χ4n) is 1.38. The normalized spacial score (nSPS) is 11.7. The van der Waals surface area contributed by atoms with E-state index in [1.165, 1.54) is 0 Å². The van der Waals surface area contributed by atoms with Gasteiger partial charge in [0.2, 0.25) is 10.9 Å². The molecule has 0 aromatic carbocycles. The summed E-state index contributed by atoms with van der Waals surface area (Å²) >= 11 is 0. The fraction of sp³-hybridized carbons (Fsp3) is 0.583. The van der Waals surface area contributed by atoms with Gasteiger partial charge in [-0.25, -0.2) is 17.9 Å². The maximum atomic E-state index is 11.8. The van der Waals surface area contributed by atoms with E-state index in [0.29, 0.717) is 19.6 Å². The van der Waals surface area contributed by atoms with Gasteiger partial charge in [-0.2, -0.15) is 0 Å². The molecule has 8 heteroatoms. The smallest absolute Gasteiger partial charge is 0.371 e. The van der Waals surface area contributed by atoms with E-state index in [2.05, 4.69) is 11.6 Å². The van der Waals surface area contributed by atoms with E-state index < -0.39 is 26.8 Å². The Morgan fingerprint density at radius 1 is 1.35 bits per heavy atom. The molecule has 1 heterocycles. The summed E-state index contributed by atoms with van der Waals surface area (Å²) < 4.78 is 35.9. The number of carboxylic acid groups (broad SMARTS) is 1. The van der Waals surface area contributed by atoms with Crippen LogP contribution in [0.2, 0.25) is 0 Å². The zero-order valence-electron chi connectivity index (χ0n) is 11.3. The summed E-state index contributed by atoms with van der Waals surface area (Å²) in [5.74, 6) is -1.72. The van der Waals surface area contributed by atoms with E-state index in [1.54, 1.807) is 0 Å². The van der Waals surface area contributed by atoms with Crippen molar-refractivity contribution in [2.75, 3.05) is 19.8 Å². The number of unbranched alkanes of at least 4 members (excludes halogenated alkanes) is 1. The predicted octanol–water partition coefficient (Wildman–Crippen LogP) is 1.46. The van der Waals surface area contributed by atoms with Gasteiger partial charge < -0.3 is 14.3 Å². The van der Waals surface area contributed by atoms with Crippen LogP contribution in [-0.4, -0.2) is 39.3 Å². The molecule has 0 saturated heterocycles. The second kappa shape index (κ2) is 8.03. The Balaban J connectivity index is 2.36. The number of carboxylic acids is 1. The van der Waals surface area contributed by atoms with E-state index in [0.717, 1.165) is 25.0 Å². The van der Waals surface area contributed by atoms with Crippen LogP contribution in [0.15, 0.2) is 21.6 Å². The van der Waals surface area contributed by atoms with E-state index in [9.17, 15) is 13.2 Å².